The summed E-state index contributed by atoms with van der Waals surface area (Å²) in [5.74, 6) is -0.354. The minimum atomic E-state index is -0.969. The van der Waals surface area contributed by atoms with Crippen molar-refractivity contribution in [1.29, 1.82) is 0 Å². The topological polar surface area (TPSA) is 72.7 Å². The fraction of sp³-hybridized carbons (Fsp3) is 0.500. The van der Waals surface area contributed by atoms with Gasteiger partial charge in [0.15, 0.2) is 11.5 Å². The number of phenols is 2. The summed E-state index contributed by atoms with van der Waals surface area (Å²) < 4.78 is 0. The van der Waals surface area contributed by atoms with Gasteiger partial charge in [-0.2, -0.15) is 0 Å². The van der Waals surface area contributed by atoms with Crippen LogP contribution in [0, 0.1) is 0 Å². The van der Waals surface area contributed by atoms with Crippen molar-refractivity contribution in [2.75, 3.05) is 6.54 Å². The summed E-state index contributed by atoms with van der Waals surface area (Å²) in [5.41, 5.74) is -0.328. The van der Waals surface area contributed by atoms with Crippen LogP contribution in [0.4, 0.5) is 0 Å². The molecule has 2 rings (SSSR count). The lowest BCUT2D eigenvalue weighted by atomic mass is 9.80. The van der Waals surface area contributed by atoms with Gasteiger partial charge in [-0.15, -0.1) is 0 Å². The zero-order valence-corrected chi connectivity index (χ0v) is 9.27. The van der Waals surface area contributed by atoms with Crippen LogP contribution in [-0.2, 0) is 5.60 Å². The predicted octanol–water partition coefficient (Wildman–Crippen LogP) is 1.06. The van der Waals surface area contributed by atoms with Gasteiger partial charge in [0.2, 0.25) is 0 Å². The van der Waals surface area contributed by atoms with E-state index in [1.54, 1.807) is 6.07 Å². The number of nitrogens with one attached hydrogen (secondary N) is 1. The molecule has 1 aromatic rings. The molecule has 0 aliphatic carbocycles. The molecule has 1 aliphatic rings. The highest BCUT2D eigenvalue weighted by molar-refractivity contribution is 5.43. The molecule has 4 heteroatoms. The number of piperidine rings is 1. The minimum Gasteiger partial charge on any atom is -0.504 e. The maximum Gasteiger partial charge on any atom is 0.157 e. The third-order valence-corrected chi connectivity index (χ3v) is 3.38. The van der Waals surface area contributed by atoms with Crippen molar-refractivity contribution in [3.05, 3.63) is 23.8 Å². The molecular formula is C12H17NO3. The second kappa shape index (κ2) is 3.96. The molecule has 0 unspecified atom stereocenters. The van der Waals surface area contributed by atoms with Gasteiger partial charge in [0, 0.05) is 6.04 Å². The van der Waals surface area contributed by atoms with E-state index < -0.39 is 5.60 Å². The van der Waals surface area contributed by atoms with Crippen LogP contribution in [0.25, 0.3) is 0 Å². The van der Waals surface area contributed by atoms with Crippen molar-refractivity contribution in [1.82, 2.24) is 5.32 Å². The Bertz CT molecular complexity index is 394. The highest BCUT2D eigenvalue weighted by Gasteiger charge is 2.37. The lowest BCUT2D eigenvalue weighted by molar-refractivity contribution is -0.0228. The van der Waals surface area contributed by atoms with Gasteiger partial charge in [0.05, 0.1) is 0 Å². The second-order valence-electron chi connectivity index (χ2n) is 4.41. The molecule has 0 amide bonds. The average Bonchev–Trinajstić information content (AvgIpc) is 2.26. The van der Waals surface area contributed by atoms with Crippen LogP contribution in [0.1, 0.15) is 25.3 Å². The van der Waals surface area contributed by atoms with Crippen LogP contribution >= 0.6 is 0 Å². The number of hydrogen-bond donors (Lipinski definition) is 4. The SMILES string of the molecule is C[C@H]1NCCC[C@]1(O)c1ccc(O)c(O)c1. The Balaban J connectivity index is 2.37. The first kappa shape index (κ1) is 11.2. The molecule has 2 atom stereocenters. The van der Waals surface area contributed by atoms with E-state index in [0.29, 0.717) is 12.0 Å². The third-order valence-electron chi connectivity index (χ3n) is 3.38. The summed E-state index contributed by atoms with van der Waals surface area (Å²) in [5, 5.41) is 32.5. The molecule has 0 saturated carbocycles. The molecule has 88 valence electrons. The molecule has 0 spiro atoms. The van der Waals surface area contributed by atoms with E-state index in [1.807, 2.05) is 6.92 Å². The lowest BCUT2D eigenvalue weighted by Crippen LogP contribution is -2.50. The first-order valence-electron chi connectivity index (χ1n) is 5.52. The van der Waals surface area contributed by atoms with Gasteiger partial charge in [-0.1, -0.05) is 6.07 Å². The van der Waals surface area contributed by atoms with E-state index in [9.17, 15) is 15.3 Å². The molecule has 1 aliphatic heterocycles. The van der Waals surface area contributed by atoms with Crippen molar-refractivity contribution in [2.24, 2.45) is 0 Å². The van der Waals surface area contributed by atoms with Gasteiger partial charge in [-0.3, -0.25) is 0 Å². The molecular weight excluding hydrogens is 206 g/mol. The Labute approximate surface area is 94.5 Å². The summed E-state index contributed by atoms with van der Waals surface area (Å²) in [7, 11) is 0. The van der Waals surface area contributed by atoms with E-state index in [4.69, 9.17) is 0 Å². The Kier molecular flexibility index (Phi) is 2.78. The van der Waals surface area contributed by atoms with Crippen molar-refractivity contribution < 1.29 is 15.3 Å². The summed E-state index contributed by atoms with van der Waals surface area (Å²) in [6.45, 7) is 2.82. The largest absolute Gasteiger partial charge is 0.504 e. The maximum atomic E-state index is 10.6. The zero-order valence-electron chi connectivity index (χ0n) is 9.27. The molecule has 16 heavy (non-hydrogen) atoms. The van der Waals surface area contributed by atoms with Gasteiger partial charge in [-0.05, 0) is 44.0 Å². The van der Waals surface area contributed by atoms with Gasteiger partial charge >= 0.3 is 0 Å². The fourth-order valence-electron chi connectivity index (χ4n) is 2.25. The quantitative estimate of drug-likeness (QED) is 0.537. The van der Waals surface area contributed by atoms with E-state index in [-0.39, 0.29) is 17.5 Å². The Morgan fingerprint density at radius 1 is 1.31 bits per heavy atom. The fourth-order valence-corrected chi connectivity index (χ4v) is 2.25. The van der Waals surface area contributed by atoms with Crippen LogP contribution < -0.4 is 5.32 Å². The smallest absolute Gasteiger partial charge is 0.157 e. The highest BCUT2D eigenvalue weighted by atomic mass is 16.3. The van der Waals surface area contributed by atoms with Crippen LogP contribution in [0.3, 0.4) is 0 Å². The van der Waals surface area contributed by atoms with Crippen LogP contribution in [0.15, 0.2) is 18.2 Å². The van der Waals surface area contributed by atoms with Crippen molar-refractivity contribution in [3.8, 4) is 11.5 Å². The second-order valence-corrected chi connectivity index (χ2v) is 4.41. The van der Waals surface area contributed by atoms with E-state index in [2.05, 4.69) is 5.32 Å². The number of aromatic hydroxyl groups is 2. The van der Waals surface area contributed by atoms with E-state index >= 15 is 0 Å². The molecule has 4 N–H and O–H groups in total. The maximum absolute atomic E-state index is 10.6. The first-order chi connectivity index (χ1) is 7.54. The Hall–Kier alpha value is -1.26. The van der Waals surface area contributed by atoms with Crippen LogP contribution in [-0.4, -0.2) is 27.9 Å². The minimum absolute atomic E-state index is 0.0646. The summed E-state index contributed by atoms with van der Waals surface area (Å²) in [6, 6.07) is 4.42. The number of rotatable bonds is 1. The number of aliphatic hydroxyl groups is 1. The van der Waals surface area contributed by atoms with Crippen molar-refractivity contribution in [2.45, 2.75) is 31.4 Å². The van der Waals surface area contributed by atoms with E-state index in [1.165, 1.54) is 12.1 Å². The lowest BCUT2D eigenvalue weighted by Gasteiger charge is -2.39. The zero-order chi connectivity index (χ0) is 11.8. The van der Waals surface area contributed by atoms with Gasteiger partial charge in [0.1, 0.15) is 5.60 Å². The molecule has 1 aromatic carbocycles. The summed E-state index contributed by atoms with van der Waals surface area (Å²) in [6.07, 6.45) is 1.55. The third kappa shape index (κ3) is 1.74. The van der Waals surface area contributed by atoms with Crippen LogP contribution in [0.2, 0.25) is 0 Å². The summed E-state index contributed by atoms with van der Waals surface area (Å²) >= 11 is 0. The standard InChI is InChI=1S/C12H17NO3/c1-8-12(16,5-2-6-13-8)9-3-4-10(14)11(15)7-9/h3-4,7-8,13-16H,2,5-6H2,1H3/t8-,12-/m1/s1. The molecule has 1 fully saturated rings. The highest BCUT2D eigenvalue weighted by Crippen LogP contribution is 2.36. The average molecular weight is 223 g/mol. The van der Waals surface area contributed by atoms with Crippen molar-refractivity contribution >= 4 is 0 Å². The van der Waals surface area contributed by atoms with Gasteiger partial charge in [0.25, 0.3) is 0 Å². The molecule has 4 nitrogen and oxygen atoms in total. The monoisotopic (exact) mass is 223 g/mol. The normalized spacial score (nSPS) is 30.2. The van der Waals surface area contributed by atoms with Crippen LogP contribution in [0.5, 0.6) is 11.5 Å². The molecule has 0 aromatic heterocycles. The first-order valence-corrected chi connectivity index (χ1v) is 5.52. The Morgan fingerprint density at radius 3 is 2.69 bits per heavy atom. The van der Waals surface area contributed by atoms with Gasteiger partial charge in [-0.25, -0.2) is 0 Å². The summed E-state index contributed by atoms with van der Waals surface area (Å²) in [4.78, 5) is 0. The predicted molar refractivity (Wildman–Crippen MR) is 60.4 cm³/mol. The molecule has 0 radical (unpaired) electrons. The number of phenolic OH excluding ortho intramolecular Hbond substituents is 2. The molecule has 0 bridgehead atoms. The molecule has 1 heterocycles. The van der Waals surface area contributed by atoms with Gasteiger partial charge < -0.3 is 20.6 Å². The number of benzene rings is 1. The van der Waals surface area contributed by atoms with Crippen molar-refractivity contribution in [3.63, 3.8) is 0 Å². The Morgan fingerprint density at radius 2 is 2.06 bits per heavy atom. The molecule has 1 saturated heterocycles. The van der Waals surface area contributed by atoms with E-state index in [0.717, 1.165) is 13.0 Å². The number of hydrogen-bond acceptors (Lipinski definition) is 4.